The summed E-state index contributed by atoms with van der Waals surface area (Å²) in [6, 6.07) is 16.8. The molecular formula is C41H40F6N6O6. The molecule has 312 valence electrons. The van der Waals surface area contributed by atoms with Crippen LogP contribution in [0.1, 0.15) is 51.7 Å². The van der Waals surface area contributed by atoms with Crippen molar-refractivity contribution < 1.29 is 50.5 Å². The van der Waals surface area contributed by atoms with Crippen molar-refractivity contribution in [2.45, 2.75) is 44.0 Å². The minimum Gasteiger partial charge on any atom is -0.494 e. The number of alkyl halides is 5. The standard InChI is InChI=1S/C41H40F6N6O6/c1-39(43,44)40(57,38(56)49-23-26-22-28(41(45,46)47)24-48-36(26)58-2)27-9-11-29(12-10-27)59-19-5-14-52-15-17-53(18-16-52)37(55)32-20-25(8-13-33(32)42)21-34-30-6-3-4-7-31(30)35(54)51-50-34/h3-4,6-13,20,22,24,57H,5,14-19,21,23H2,1-2H3,(H,49,56)(H,51,54)/t40-/m0/s1. The van der Waals surface area contributed by atoms with E-state index in [0.29, 0.717) is 80.4 Å². The number of methoxy groups -OCH3 is 1. The van der Waals surface area contributed by atoms with Crippen LogP contribution in [0.15, 0.2) is 83.8 Å². The number of aromatic nitrogens is 3. The Morgan fingerprint density at radius 1 is 0.932 bits per heavy atom. The Kier molecular flexibility index (Phi) is 12.6. The van der Waals surface area contributed by atoms with E-state index in [4.69, 9.17) is 9.47 Å². The summed E-state index contributed by atoms with van der Waals surface area (Å²) in [6.07, 6.45) is -3.41. The zero-order valence-electron chi connectivity index (χ0n) is 31.9. The molecule has 0 unspecified atom stereocenters. The van der Waals surface area contributed by atoms with Crippen LogP contribution in [-0.4, -0.2) is 94.3 Å². The number of halogens is 6. The maximum atomic E-state index is 14.9. The van der Waals surface area contributed by atoms with Crippen LogP contribution >= 0.6 is 0 Å². The fraction of sp³-hybridized carbons (Fsp3) is 0.341. The molecule has 18 heteroatoms. The molecule has 3 N–H and O–H groups in total. The van der Waals surface area contributed by atoms with Gasteiger partial charge in [-0.25, -0.2) is 23.3 Å². The van der Waals surface area contributed by atoms with Gasteiger partial charge in [0.15, 0.2) is 0 Å². The number of nitrogens with zero attached hydrogens (tertiary/aromatic N) is 4. The molecule has 5 aromatic rings. The van der Waals surface area contributed by atoms with Crippen molar-refractivity contribution >= 4 is 22.6 Å². The lowest BCUT2D eigenvalue weighted by Gasteiger charge is -2.34. The highest BCUT2D eigenvalue weighted by Crippen LogP contribution is 2.39. The normalized spacial score (nSPS) is 14.8. The first-order valence-electron chi connectivity index (χ1n) is 18.5. The van der Waals surface area contributed by atoms with Gasteiger partial charge in [0.05, 0.1) is 35.9 Å². The highest BCUT2D eigenvalue weighted by molar-refractivity contribution is 5.95. The Morgan fingerprint density at radius 3 is 2.29 bits per heavy atom. The monoisotopic (exact) mass is 826 g/mol. The molecule has 12 nitrogen and oxygen atoms in total. The molecular weight excluding hydrogens is 786 g/mol. The number of aromatic amines is 1. The van der Waals surface area contributed by atoms with Gasteiger partial charge in [-0.1, -0.05) is 36.4 Å². The molecule has 1 aliphatic heterocycles. The average molecular weight is 827 g/mol. The minimum atomic E-state index is -4.76. The Balaban J connectivity index is 0.988. The van der Waals surface area contributed by atoms with Crippen molar-refractivity contribution in [3.05, 3.63) is 129 Å². The summed E-state index contributed by atoms with van der Waals surface area (Å²) in [5.74, 6) is -6.68. The van der Waals surface area contributed by atoms with Gasteiger partial charge in [0.2, 0.25) is 11.5 Å². The molecule has 2 amide bonds. The summed E-state index contributed by atoms with van der Waals surface area (Å²) in [4.78, 5) is 45.9. The first kappa shape index (κ1) is 42.6. The zero-order chi connectivity index (χ0) is 42.5. The third kappa shape index (κ3) is 9.49. The van der Waals surface area contributed by atoms with Crippen molar-refractivity contribution in [3.8, 4) is 11.6 Å². The number of fused-ring (bicyclic) bond motifs is 1. The minimum absolute atomic E-state index is 0.0563. The molecule has 3 heterocycles. The van der Waals surface area contributed by atoms with E-state index in [1.165, 1.54) is 24.3 Å². The highest BCUT2D eigenvalue weighted by Gasteiger charge is 2.56. The average Bonchev–Trinajstić information content (AvgIpc) is 3.22. The molecule has 2 aromatic heterocycles. The van der Waals surface area contributed by atoms with Crippen LogP contribution in [0, 0.1) is 5.82 Å². The molecule has 0 spiro atoms. The molecule has 3 aromatic carbocycles. The smallest absolute Gasteiger partial charge is 0.417 e. The van der Waals surface area contributed by atoms with Gasteiger partial charge in [-0.05, 0) is 53.9 Å². The number of carbonyl (C=O) groups excluding carboxylic acids is 2. The number of carbonyl (C=O) groups is 2. The lowest BCUT2D eigenvalue weighted by atomic mass is 9.87. The summed E-state index contributed by atoms with van der Waals surface area (Å²) in [6.45, 7) is 2.23. The van der Waals surface area contributed by atoms with E-state index in [1.54, 1.807) is 35.2 Å². The van der Waals surface area contributed by atoms with Gasteiger partial charge < -0.3 is 24.8 Å². The third-order valence-corrected chi connectivity index (χ3v) is 10.1. The van der Waals surface area contributed by atoms with Gasteiger partial charge >= 0.3 is 6.18 Å². The number of pyridine rings is 1. The molecule has 6 rings (SSSR count). The molecule has 1 saturated heterocycles. The number of H-pyrrole nitrogens is 1. The number of rotatable bonds is 14. The van der Waals surface area contributed by atoms with Crippen molar-refractivity contribution in [2.24, 2.45) is 0 Å². The largest absolute Gasteiger partial charge is 0.494 e. The molecule has 1 fully saturated rings. The quantitative estimate of drug-likeness (QED) is 0.0981. The van der Waals surface area contributed by atoms with Gasteiger partial charge in [-0.15, -0.1) is 0 Å². The molecule has 1 aliphatic rings. The molecule has 0 radical (unpaired) electrons. The fourth-order valence-electron chi connectivity index (χ4n) is 6.81. The van der Waals surface area contributed by atoms with Gasteiger partial charge in [0, 0.05) is 69.8 Å². The zero-order valence-corrected chi connectivity index (χ0v) is 31.9. The van der Waals surface area contributed by atoms with Gasteiger partial charge in [-0.2, -0.15) is 18.3 Å². The summed E-state index contributed by atoms with van der Waals surface area (Å²) in [7, 11) is 1.14. The van der Waals surface area contributed by atoms with E-state index in [0.717, 1.165) is 19.2 Å². The summed E-state index contributed by atoms with van der Waals surface area (Å²) in [5.41, 5.74) is -4.41. The van der Waals surface area contributed by atoms with E-state index in [2.05, 4.69) is 25.4 Å². The van der Waals surface area contributed by atoms with E-state index in [-0.39, 0.29) is 41.3 Å². The predicted molar refractivity (Wildman–Crippen MR) is 203 cm³/mol. The van der Waals surface area contributed by atoms with Crippen LogP contribution < -0.4 is 20.3 Å². The van der Waals surface area contributed by atoms with Crippen LogP contribution in [0.2, 0.25) is 0 Å². The van der Waals surface area contributed by atoms with Crippen molar-refractivity contribution in [3.63, 3.8) is 0 Å². The summed E-state index contributed by atoms with van der Waals surface area (Å²) >= 11 is 0. The van der Waals surface area contributed by atoms with Crippen molar-refractivity contribution in [2.75, 3.05) is 46.4 Å². The first-order valence-corrected chi connectivity index (χ1v) is 18.5. The van der Waals surface area contributed by atoms with Crippen LogP contribution in [-0.2, 0) is 29.5 Å². The Morgan fingerprint density at radius 2 is 1.63 bits per heavy atom. The number of piperazine rings is 1. The van der Waals surface area contributed by atoms with Crippen LogP contribution in [0.5, 0.6) is 11.6 Å². The molecule has 0 aliphatic carbocycles. The molecule has 1 atom stereocenters. The summed E-state index contributed by atoms with van der Waals surface area (Å²) in [5, 5.41) is 21.0. The number of ether oxygens (including phenoxy) is 2. The number of aliphatic hydroxyl groups is 1. The van der Waals surface area contributed by atoms with E-state index >= 15 is 0 Å². The topological polar surface area (TPSA) is 150 Å². The second-order valence-corrected chi connectivity index (χ2v) is 14.1. The number of hydrogen-bond donors (Lipinski definition) is 3. The van der Waals surface area contributed by atoms with E-state index < -0.39 is 53.0 Å². The SMILES string of the molecule is COc1ncc(C(F)(F)F)cc1CNC(=O)[C@@](O)(c1ccc(OCCCN2CCN(C(=O)c3cc(Cc4n[nH]c(=O)c5ccccc45)ccc3F)CC2)cc1)C(C)(F)F. The maximum Gasteiger partial charge on any atom is 0.417 e. The number of hydrogen-bond acceptors (Lipinski definition) is 9. The van der Waals surface area contributed by atoms with E-state index in [9.17, 15) is 45.8 Å². The lowest BCUT2D eigenvalue weighted by molar-refractivity contribution is -0.189. The Hall–Kier alpha value is -6.01. The number of amides is 2. The first-order chi connectivity index (χ1) is 28.0. The van der Waals surface area contributed by atoms with Crippen LogP contribution in [0.4, 0.5) is 26.3 Å². The number of benzene rings is 3. The van der Waals surface area contributed by atoms with Crippen LogP contribution in [0.3, 0.4) is 0 Å². The second kappa shape index (κ2) is 17.5. The van der Waals surface area contributed by atoms with Crippen molar-refractivity contribution in [1.29, 1.82) is 0 Å². The number of nitrogens with one attached hydrogen (secondary N) is 2. The molecule has 0 saturated carbocycles. The molecule has 0 bridgehead atoms. The summed E-state index contributed by atoms with van der Waals surface area (Å²) < 4.78 is 95.0. The van der Waals surface area contributed by atoms with Gasteiger partial charge in [0.25, 0.3) is 23.3 Å². The van der Waals surface area contributed by atoms with Gasteiger partial charge in [-0.3, -0.25) is 19.3 Å². The Labute approximate surface area is 333 Å². The highest BCUT2D eigenvalue weighted by atomic mass is 19.4. The van der Waals surface area contributed by atoms with Crippen LogP contribution in [0.25, 0.3) is 10.8 Å². The predicted octanol–water partition coefficient (Wildman–Crippen LogP) is 5.46. The van der Waals surface area contributed by atoms with Crippen molar-refractivity contribution in [1.82, 2.24) is 30.3 Å². The molecule has 59 heavy (non-hydrogen) atoms. The Bertz CT molecular complexity index is 2360. The van der Waals surface area contributed by atoms with Gasteiger partial charge in [0.1, 0.15) is 11.6 Å². The second-order valence-electron chi connectivity index (χ2n) is 14.1. The maximum absolute atomic E-state index is 14.9. The third-order valence-electron chi connectivity index (χ3n) is 10.1. The fourth-order valence-corrected chi connectivity index (χ4v) is 6.81. The lowest BCUT2D eigenvalue weighted by Crippen LogP contribution is -2.54. The van der Waals surface area contributed by atoms with E-state index in [1.807, 2.05) is 0 Å².